The Labute approximate surface area is 62.2 Å². The van der Waals surface area contributed by atoms with E-state index in [1.54, 1.807) is 0 Å². The summed E-state index contributed by atoms with van der Waals surface area (Å²) in [6.45, 7) is 4.77. The highest BCUT2D eigenvalue weighted by atomic mass is 32.2. The van der Waals surface area contributed by atoms with Gasteiger partial charge in [-0.2, -0.15) is 8.42 Å². The van der Waals surface area contributed by atoms with Gasteiger partial charge >= 0.3 is 0 Å². The summed E-state index contributed by atoms with van der Waals surface area (Å²) in [5.74, 6) is 0. The third kappa shape index (κ3) is 2.27. The van der Waals surface area contributed by atoms with Crippen LogP contribution in [0.15, 0.2) is 0 Å². The van der Waals surface area contributed by atoms with E-state index in [-0.39, 0.29) is 0 Å². The van der Waals surface area contributed by atoms with Gasteiger partial charge in [-0.15, -0.1) is 0 Å². The van der Waals surface area contributed by atoms with Crippen LogP contribution in [0.5, 0.6) is 0 Å². The van der Waals surface area contributed by atoms with E-state index < -0.39 is 14.9 Å². The van der Waals surface area contributed by atoms with Crippen LogP contribution in [0, 0.1) is 0 Å². The van der Waals surface area contributed by atoms with E-state index in [0.29, 0.717) is 12.8 Å². The highest BCUT2D eigenvalue weighted by Gasteiger charge is 2.32. The van der Waals surface area contributed by atoms with Crippen LogP contribution in [0.2, 0.25) is 0 Å². The first-order chi connectivity index (χ1) is 4.31. The lowest BCUT2D eigenvalue weighted by molar-refractivity contribution is 0.375. The predicted molar refractivity (Wildman–Crippen MR) is 38.6 cm³/mol. The fraction of sp³-hybridized carbons (Fsp3) is 1.00. The first-order valence-corrected chi connectivity index (χ1v) is 4.67. The van der Waals surface area contributed by atoms with Crippen molar-refractivity contribution in [1.29, 1.82) is 0 Å². The monoisotopic (exact) mass is 165 g/mol. The Morgan fingerprint density at radius 1 is 1.30 bits per heavy atom. The smallest absolute Gasteiger partial charge is 0.196 e. The topological polar surface area (TPSA) is 54.0 Å². The molecule has 0 saturated heterocycles. The molecule has 0 aromatic rings. The Hall–Kier alpha value is -0.0900. The van der Waals surface area contributed by atoms with Crippen molar-refractivity contribution in [2.75, 3.05) is 0 Å². The van der Waals surface area contributed by atoms with E-state index in [0.717, 1.165) is 0 Å². The molecule has 0 aliphatic carbocycles. The lowest BCUT2D eigenvalue weighted by atomic mass is 10.1. The number of rotatable bonds is 3. The molecule has 0 unspecified atom stereocenters. The quantitative estimate of drug-likeness (QED) is 0.633. The maximum absolute atomic E-state index is 10.5. The molecule has 0 heterocycles. The summed E-state index contributed by atoms with van der Waals surface area (Å²) in [4.78, 5) is 0. The average Bonchev–Trinajstić information content (AvgIpc) is 1.61. The molecular weight excluding hydrogens is 152 g/mol. The Morgan fingerprint density at radius 3 is 1.80 bits per heavy atom. The van der Waals surface area contributed by atoms with Gasteiger partial charge in [0.1, 0.15) is 0 Å². The average molecular weight is 165 g/mol. The molecule has 0 aromatic carbocycles. The SMILES string of the molecule is CCCC(C)(C)S([O])(=O)=O. The van der Waals surface area contributed by atoms with Gasteiger partial charge in [0.05, 0.1) is 4.75 Å². The molecule has 0 spiro atoms. The first-order valence-electron chi connectivity index (χ1n) is 3.26. The number of hydrogen-bond acceptors (Lipinski definition) is 2. The predicted octanol–water partition coefficient (Wildman–Crippen LogP) is 1.33. The summed E-state index contributed by atoms with van der Waals surface area (Å²) in [7, 11) is -4.11. The van der Waals surface area contributed by atoms with Crippen molar-refractivity contribution in [3.05, 3.63) is 0 Å². The largest absolute Gasteiger partial charge is 0.299 e. The molecule has 0 aliphatic heterocycles. The molecule has 3 nitrogen and oxygen atoms in total. The molecule has 0 aromatic heterocycles. The third-order valence-corrected chi connectivity index (χ3v) is 3.09. The van der Waals surface area contributed by atoms with Crippen LogP contribution in [0.1, 0.15) is 33.6 Å². The van der Waals surface area contributed by atoms with Gasteiger partial charge in [0, 0.05) is 0 Å². The Kier molecular flexibility index (Phi) is 2.86. The van der Waals surface area contributed by atoms with Gasteiger partial charge in [0.25, 0.3) is 10.1 Å². The van der Waals surface area contributed by atoms with E-state index in [4.69, 9.17) is 0 Å². The summed E-state index contributed by atoms with van der Waals surface area (Å²) in [5.41, 5.74) is 0. The molecule has 0 saturated carbocycles. The van der Waals surface area contributed by atoms with Crippen molar-refractivity contribution in [2.45, 2.75) is 38.4 Å². The zero-order valence-corrected chi connectivity index (χ0v) is 7.36. The molecule has 0 fully saturated rings. The van der Waals surface area contributed by atoms with Crippen LogP contribution in [0.3, 0.4) is 0 Å². The molecule has 61 valence electrons. The lowest BCUT2D eigenvalue weighted by Gasteiger charge is -2.17. The molecular formula is C6H13O3S. The second-order valence-electron chi connectivity index (χ2n) is 2.96. The van der Waals surface area contributed by atoms with E-state index in [1.165, 1.54) is 13.8 Å². The Balaban J connectivity index is 4.42. The van der Waals surface area contributed by atoms with Crippen LogP contribution < -0.4 is 0 Å². The highest BCUT2D eigenvalue weighted by Crippen LogP contribution is 2.20. The second-order valence-corrected chi connectivity index (χ2v) is 4.98. The van der Waals surface area contributed by atoms with Crippen molar-refractivity contribution in [2.24, 2.45) is 0 Å². The summed E-state index contributed by atoms with van der Waals surface area (Å²) in [5, 5.41) is 0. The molecule has 0 aliphatic rings. The van der Waals surface area contributed by atoms with Gasteiger partial charge in [0.15, 0.2) is 0 Å². The molecule has 0 rings (SSSR count). The molecule has 0 amide bonds. The first kappa shape index (κ1) is 9.91. The fourth-order valence-corrected chi connectivity index (χ4v) is 1.18. The second kappa shape index (κ2) is 2.88. The minimum atomic E-state index is -4.11. The van der Waals surface area contributed by atoms with Crippen molar-refractivity contribution >= 4 is 10.1 Å². The van der Waals surface area contributed by atoms with Gasteiger partial charge in [-0.3, -0.25) is 0 Å². The fourth-order valence-electron chi connectivity index (χ4n) is 0.727. The lowest BCUT2D eigenvalue weighted by Crippen LogP contribution is -2.29. The van der Waals surface area contributed by atoms with Crippen molar-refractivity contribution in [3.8, 4) is 0 Å². The third-order valence-electron chi connectivity index (χ3n) is 1.53. The van der Waals surface area contributed by atoms with E-state index in [1.807, 2.05) is 6.92 Å². The summed E-state index contributed by atoms with van der Waals surface area (Å²) in [6.07, 6.45) is 1.15. The maximum Gasteiger partial charge on any atom is 0.299 e. The van der Waals surface area contributed by atoms with Crippen molar-refractivity contribution < 1.29 is 13.0 Å². The standard InChI is InChI=1S/C6H13O3S/c1-4-5-6(2,3)10(7,8)9/h4-5H2,1-3H3. The van der Waals surface area contributed by atoms with E-state index in [2.05, 4.69) is 0 Å². The molecule has 4 heteroatoms. The zero-order chi connectivity index (χ0) is 8.41. The van der Waals surface area contributed by atoms with Gasteiger partial charge < -0.3 is 0 Å². The molecule has 1 radical (unpaired) electrons. The van der Waals surface area contributed by atoms with Crippen LogP contribution in [0.25, 0.3) is 0 Å². The van der Waals surface area contributed by atoms with Crippen molar-refractivity contribution in [3.63, 3.8) is 0 Å². The maximum atomic E-state index is 10.5. The molecule has 0 atom stereocenters. The van der Waals surface area contributed by atoms with Crippen LogP contribution >= 0.6 is 0 Å². The molecule has 0 bridgehead atoms. The number of hydrogen-bond donors (Lipinski definition) is 0. The highest BCUT2D eigenvalue weighted by molar-refractivity contribution is 7.86. The summed E-state index contributed by atoms with van der Waals surface area (Å²) >= 11 is 0. The Bertz CT molecular complexity index is 191. The van der Waals surface area contributed by atoms with Crippen LogP contribution in [-0.2, 0) is 14.7 Å². The Morgan fingerprint density at radius 2 is 1.70 bits per heavy atom. The van der Waals surface area contributed by atoms with E-state index in [9.17, 15) is 13.0 Å². The summed E-state index contributed by atoms with van der Waals surface area (Å²) < 4.78 is 30.4. The normalized spacial score (nSPS) is 13.6. The van der Waals surface area contributed by atoms with Crippen LogP contribution in [0.4, 0.5) is 0 Å². The minimum Gasteiger partial charge on any atom is -0.196 e. The van der Waals surface area contributed by atoms with Crippen molar-refractivity contribution in [1.82, 2.24) is 0 Å². The van der Waals surface area contributed by atoms with Gasteiger partial charge in [-0.1, -0.05) is 17.9 Å². The molecule has 0 N–H and O–H groups in total. The van der Waals surface area contributed by atoms with Gasteiger partial charge in [0.2, 0.25) is 0 Å². The van der Waals surface area contributed by atoms with E-state index >= 15 is 0 Å². The van der Waals surface area contributed by atoms with Gasteiger partial charge in [-0.25, -0.2) is 0 Å². The van der Waals surface area contributed by atoms with Gasteiger partial charge in [-0.05, 0) is 20.3 Å². The molecule has 10 heavy (non-hydrogen) atoms. The summed E-state index contributed by atoms with van der Waals surface area (Å²) in [6, 6.07) is 0. The zero-order valence-electron chi connectivity index (χ0n) is 6.55. The van der Waals surface area contributed by atoms with Crippen LogP contribution in [-0.4, -0.2) is 13.2 Å². The minimum absolute atomic E-state index is 0.429.